The molecule has 0 bridgehead atoms. The third kappa shape index (κ3) is 7.72. The minimum Gasteiger partial charge on any atom is -0.508 e. The Labute approximate surface area is 134 Å². The average molecular weight is 300 g/mol. The zero-order valence-corrected chi connectivity index (χ0v) is 13.8. The molecule has 0 aromatic heterocycles. The summed E-state index contributed by atoms with van der Waals surface area (Å²) in [5, 5.41) is 18.2. The Morgan fingerprint density at radius 1 is 0.682 bits per heavy atom. The summed E-state index contributed by atoms with van der Waals surface area (Å²) in [7, 11) is 0. The molecule has 2 heteroatoms. The van der Waals surface area contributed by atoms with Crippen LogP contribution in [0.1, 0.15) is 50.7 Å². The van der Waals surface area contributed by atoms with E-state index in [1.807, 2.05) is 24.3 Å². The molecule has 2 nitrogen and oxygen atoms in total. The molecule has 0 radical (unpaired) electrons. The summed E-state index contributed by atoms with van der Waals surface area (Å²) in [5.74, 6) is 0.747. The minimum atomic E-state index is 0.374. The van der Waals surface area contributed by atoms with E-state index in [4.69, 9.17) is 10.2 Å². The maximum atomic E-state index is 9.11. The van der Waals surface area contributed by atoms with Gasteiger partial charge in [0.15, 0.2) is 0 Å². The van der Waals surface area contributed by atoms with Crippen LogP contribution in [0.4, 0.5) is 0 Å². The first-order valence-electron chi connectivity index (χ1n) is 8.21. The molecule has 120 valence electrons. The van der Waals surface area contributed by atoms with Gasteiger partial charge < -0.3 is 10.2 Å². The van der Waals surface area contributed by atoms with Crippen LogP contribution in [0.2, 0.25) is 0 Å². The maximum absolute atomic E-state index is 9.11. The predicted octanol–water partition coefficient (Wildman–Crippen LogP) is 5.47. The highest BCUT2D eigenvalue weighted by Crippen LogP contribution is 2.13. The number of phenolic OH excluding ortho intramolecular Hbond substituents is 2. The van der Waals surface area contributed by atoms with Crippen molar-refractivity contribution in [1.29, 1.82) is 0 Å². The van der Waals surface area contributed by atoms with Crippen molar-refractivity contribution in [2.24, 2.45) is 0 Å². The summed E-state index contributed by atoms with van der Waals surface area (Å²) in [6.45, 7) is 4.34. The fourth-order valence-corrected chi connectivity index (χ4v) is 2.19. The van der Waals surface area contributed by atoms with Gasteiger partial charge in [0.2, 0.25) is 0 Å². The quantitative estimate of drug-likeness (QED) is 0.742. The van der Waals surface area contributed by atoms with Crippen LogP contribution in [0.3, 0.4) is 0 Å². The molecule has 0 fully saturated rings. The standard InChI is InChI=1S/2C10H14O/c2*1-2-3-5-9-6-4-7-10(11)8-9/h2*4,6-8,11H,2-3,5H2,1H3. The summed E-state index contributed by atoms with van der Waals surface area (Å²) in [6, 6.07) is 14.9. The topological polar surface area (TPSA) is 40.5 Å². The number of rotatable bonds is 6. The van der Waals surface area contributed by atoms with Crippen molar-refractivity contribution >= 4 is 0 Å². The van der Waals surface area contributed by atoms with Gasteiger partial charge in [0.25, 0.3) is 0 Å². The van der Waals surface area contributed by atoms with Crippen molar-refractivity contribution in [1.82, 2.24) is 0 Å². The summed E-state index contributed by atoms with van der Waals surface area (Å²) >= 11 is 0. The number of phenols is 2. The van der Waals surface area contributed by atoms with Crippen LogP contribution in [-0.4, -0.2) is 10.2 Å². The number of aromatic hydroxyl groups is 2. The fourth-order valence-electron chi connectivity index (χ4n) is 2.19. The van der Waals surface area contributed by atoms with Gasteiger partial charge >= 0.3 is 0 Å². The molecule has 0 saturated heterocycles. The predicted molar refractivity (Wildman–Crippen MR) is 93.4 cm³/mol. The van der Waals surface area contributed by atoms with Gasteiger partial charge in [-0.05, 0) is 61.1 Å². The lowest BCUT2D eigenvalue weighted by Crippen LogP contribution is -1.82. The molecule has 0 heterocycles. The first kappa shape index (κ1) is 18.1. The van der Waals surface area contributed by atoms with Crippen LogP contribution >= 0.6 is 0 Å². The highest BCUT2D eigenvalue weighted by molar-refractivity contribution is 5.27. The Kier molecular flexibility index (Phi) is 8.82. The Morgan fingerprint density at radius 2 is 1.09 bits per heavy atom. The second-order valence-corrected chi connectivity index (χ2v) is 5.55. The fraction of sp³-hybridized carbons (Fsp3) is 0.400. The van der Waals surface area contributed by atoms with E-state index in [9.17, 15) is 0 Å². The SMILES string of the molecule is CCCCc1cccc(O)c1.CCCCc1cccc(O)c1. The van der Waals surface area contributed by atoms with Gasteiger partial charge in [0, 0.05) is 0 Å². The lowest BCUT2D eigenvalue weighted by molar-refractivity contribution is 0.474. The van der Waals surface area contributed by atoms with Gasteiger partial charge in [-0.2, -0.15) is 0 Å². The van der Waals surface area contributed by atoms with Crippen LogP contribution < -0.4 is 0 Å². The van der Waals surface area contributed by atoms with Gasteiger partial charge in [0.1, 0.15) is 11.5 Å². The van der Waals surface area contributed by atoms with E-state index in [2.05, 4.69) is 26.0 Å². The lowest BCUT2D eigenvalue weighted by Gasteiger charge is -1.98. The van der Waals surface area contributed by atoms with E-state index < -0.39 is 0 Å². The van der Waals surface area contributed by atoms with Crippen molar-refractivity contribution in [2.75, 3.05) is 0 Å². The molecule has 0 saturated carbocycles. The molecule has 2 rings (SSSR count). The second kappa shape index (κ2) is 10.7. The van der Waals surface area contributed by atoms with Crippen LogP contribution in [0.15, 0.2) is 48.5 Å². The molecular weight excluding hydrogens is 272 g/mol. The van der Waals surface area contributed by atoms with Crippen molar-refractivity contribution in [3.63, 3.8) is 0 Å². The van der Waals surface area contributed by atoms with Gasteiger partial charge in [-0.25, -0.2) is 0 Å². The molecule has 0 aliphatic heterocycles. The summed E-state index contributed by atoms with van der Waals surface area (Å²) < 4.78 is 0. The van der Waals surface area contributed by atoms with Crippen LogP contribution in [0.5, 0.6) is 11.5 Å². The average Bonchev–Trinajstić information content (AvgIpc) is 2.52. The molecule has 2 N–H and O–H groups in total. The van der Waals surface area contributed by atoms with Crippen LogP contribution in [0, 0.1) is 0 Å². The molecule has 0 atom stereocenters. The van der Waals surface area contributed by atoms with E-state index in [0.717, 1.165) is 12.8 Å². The van der Waals surface area contributed by atoms with E-state index in [-0.39, 0.29) is 0 Å². The number of hydrogen-bond acceptors (Lipinski definition) is 2. The monoisotopic (exact) mass is 300 g/mol. The van der Waals surface area contributed by atoms with Crippen molar-refractivity contribution < 1.29 is 10.2 Å². The Balaban J connectivity index is 0.000000220. The highest BCUT2D eigenvalue weighted by atomic mass is 16.3. The molecule has 22 heavy (non-hydrogen) atoms. The van der Waals surface area contributed by atoms with E-state index >= 15 is 0 Å². The molecular formula is C20H28O2. The summed E-state index contributed by atoms with van der Waals surface area (Å²) in [4.78, 5) is 0. The molecule has 0 spiro atoms. The Bertz CT molecular complexity index is 485. The van der Waals surface area contributed by atoms with Crippen molar-refractivity contribution in [3.05, 3.63) is 59.7 Å². The Hall–Kier alpha value is -1.96. The maximum Gasteiger partial charge on any atom is 0.115 e. The largest absolute Gasteiger partial charge is 0.508 e. The molecule has 2 aromatic carbocycles. The normalized spacial score (nSPS) is 9.91. The van der Waals surface area contributed by atoms with Gasteiger partial charge in [0.05, 0.1) is 0 Å². The third-order valence-electron chi connectivity index (χ3n) is 3.46. The molecule has 0 aliphatic rings. The zero-order valence-electron chi connectivity index (χ0n) is 13.8. The summed E-state index contributed by atoms with van der Waals surface area (Å²) in [6.07, 6.45) is 6.95. The number of unbranched alkanes of at least 4 members (excludes halogenated alkanes) is 2. The first-order valence-corrected chi connectivity index (χ1v) is 8.21. The zero-order chi connectivity index (χ0) is 16.2. The molecule has 0 amide bonds. The minimum absolute atomic E-state index is 0.374. The third-order valence-corrected chi connectivity index (χ3v) is 3.46. The molecule has 2 aromatic rings. The van der Waals surface area contributed by atoms with E-state index in [0.29, 0.717) is 11.5 Å². The van der Waals surface area contributed by atoms with E-state index in [1.165, 1.54) is 36.8 Å². The van der Waals surface area contributed by atoms with Gasteiger partial charge in [-0.1, -0.05) is 51.0 Å². The van der Waals surface area contributed by atoms with E-state index in [1.54, 1.807) is 12.1 Å². The van der Waals surface area contributed by atoms with Gasteiger partial charge in [-0.15, -0.1) is 0 Å². The summed E-state index contributed by atoms with van der Waals surface area (Å²) in [5.41, 5.74) is 2.46. The Morgan fingerprint density at radius 3 is 1.41 bits per heavy atom. The number of aryl methyl sites for hydroxylation is 2. The lowest BCUT2D eigenvalue weighted by atomic mass is 10.1. The van der Waals surface area contributed by atoms with Crippen molar-refractivity contribution in [3.8, 4) is 11.5 Å². The molecule has 0 aliphatic carbocycles. The molecule has 0 unspecified atom stereocenters. The smallest absolute Gasteiger partial charge is 0.115 e. The second-order valence-electron chi connectivity index (χ2n) is 5.55. The first-order chi connectivity index (χ1) is 10.7. The highest BCUT2D eigenvalue weighted by Gasteiger charge is 1.93. The van der Waals surface area contributed by atoms with Crippen molar-refractivity contribution in [2.45, 2.75) is 52.4 Å². The van der Waals surface area contributed by atoms with Crippen LogP contribution in [-0.2, 0) is 12.8 Å². The van der Waals surface area contributed by atoms with Crippen LogP contribution in [0.25, 0.3) is 0 Å². The number of benzene rings is 2. The number of hydrogen-bond donors (Lipinski definition) is 2. The van der Waals surface area contributed by atoms with Gasteiger partial charge in [-0.3, -0.25) is 0 Å².